The van der Waals surface area contributed by atoms with E-state index in [-0.39, 0.29) is 12.5 Å². The second-order valence-corrected chi connectivity index (χ2v) is 6.30. The highest BCUT2D eigenvalue weighted by Gasteiger charge is 2.29. The average Bonchev–Trinajstić information content (AvgIpc) is 3.02. The summed E-state index contributed by atoms with van der Waals surface area (Å²) in [6.07, 6.45) is -1.48. The Bertz CT molecular complexity index is 897. The van der Waals surface area contributed by atoms with Crippen LogP contribution in [0.1, 0.15) is 23.1 Å². The molecule has 0 atom stereocenters. The van der Waals surface area contributed by atoms with Crippen molar-refractivity contribution < 1.29 is 18.0 Å². The molecule has 3 rings (SSSR count). The van der Waals surface area contributed by atoms with E-state index in [0.717, 1.165) is 28.6 Å². The molecular weight excluding hydrogens is 341 g/mol. The molecule has 0 saturated carbocycles. The Hall–Kier alpha value is -2.76. The van der Waals surface area contributed by atoms with Crippen LogP contribution in [0.4, 0.5) is 13.2 Å². The highest BCUT2D eigenvalue weighted by molar-refractivity contribution is 5.84. The minimum absolute atomic E-state index is 0.0461. The van der Waals surface area contributed by atoms with Crippen molar-refractivity contribution in [1.29, 1.82) is 0 Å². The number of alkyl halides is 3. The van der Waals surface area contributed by atoms with Crippen LogP contribution in [0.5, 0.6) is 0 Å². The summed E-state index contributed by atoms with van der Waals surface area (Å²) in [5, 5.41) is 1.10. The van der Waals surface area contributed by atoms with Crippen molar-refractivity contribution in [3.8, 4) is 0 Å². The van der Waals surface area contributed by atoms with Crippen molar-refractivity contribution in [3.05, 3.63) is 71.4 Å². The van der Waals surface area contributed by atoms with Crippen LogP contribution >= 0.6 is 0 Å². The fraction of sp³-hybridized carbons (Fsp3) is 0.250. The Labute approximate surface area is 149 Å². The van der Waals surface area contributed by atoms with Gasteiger partial charge in [-0.05, 0) is 35.7 Å². The number of nitrogens with zero attached hydrogens (tertiary/aromatic N) is 1. The van der Waals surface area contributed by atoms with Crippen molar-refractivity contribution in [2.24, 2.45) is 0 Å². The molecule has 1 aromatic heterocycles. The smallest absolute Gasteiger partial charge is 0.361 e. The van der Waals surface area contributed by atoms with Gasteiger partial charge in [-0.15, -0.1) is 0 Å². The van der Waals surface area contributed by atoms with E-state index in [9.17, 15) is 18.0 Å². The van der Waals surface area contributed by atoms with E-state index in [1.807, 2.05) is 30.5 Å². The number of amides is 1. The quantitative estimate of drug-likeness (QED) is 0.698. The maximum absolute atomic E-state index is 12.6. The van der Waals surface area contributed by atoms with Gasteiger partial charge in [0.2, 0.25) is 5.91 Å². The van der Waals surface area contributed by atoms with Gasteiger partial charge in [0.15, 0.2) is 0 Å². The molecule has 1 heterocycles. The van der Waals surface area contributed by atoms with Crippen LogP contribution in [-0.2, 0) is 23.9 Å². The standard InChI is InChI=1S/C20H19F3N2O/c1-25(13-14-6-9-16(10-7-14)20(21,22)23)19(26)11-8-15-12-24-18-5-3-2-4-17(15)18/h2-7,9-10,12,24H,8,11,13H2,1H3. The fourth-order valence-corrected chi connectivity index (χ4v) is 2.93. The third-order valence-corrected chi connectivity index (χ3v) is 4.41. The van der Waals surface area contributed by atoms with Crippen molar-refractivity contribution in [3.63, 3.8) is 0 Å². The van der Waals surface area contributed by atoms with E-state index in [2.05, 4.69) is 4.98 Å². The monoisotopic (exact) mass is 360 g/mol. The van der Waals surface area contributed by atoms with Crippen LogP contribution in [-0.4, -0.2) is 22.8 Å². The number of hydrogen-bond acceptors (Lipinski definition) is 1. The van der Waals surface area contributed by atoms with E-state index in [1.54, 1.807) is 7.05 Å². The highest BCUT2D eigenvalue weighted by atomic mass is 19.4. The Morgan fingerprint density at radius 1 is 1.08 bits per heavy atom. The highest BCUT2D eigenvalue weighted by Crippen LogP contribution is 2.29. The normalized spacial score (nSPS) is 11.7. The van der Waals surface area contributed by atoms with Gasteiger partial charge in [0, 0.05) is 37.1 Å². The number of H-pyrrole nitrogens is 1. The molecule has 0 aliphatic heterocycles. The second kappa shape index (κ2) is 7.23. The topological polar surface area (TPSA) is 36.1 Å². The van der Waals surface area contributed by atoms with E-state index in [1.165, 1.54) is 17.0 Å². The first kappa shape index (κ1) is 18.0. The molecule has 3 nitrogen and oxygen atoms in total. The molecule has 1 amide bonds. The zero-order valence-electron chi connectivity index (χ0n) is 14.3. The number of carbonyl (C=O) groups is 1. The Morgan fingerprint density at radius 2 is 1.77 bits per heavy atom. The van der Waals surface area contributed by atoms with Crippen LogP contribution in [0.15, 0.2) is 54.7 Å². The number of fused-ring (bicyclic) bond motifs is 1. The lowest BCUT2D eigenvalue weighted by Crippen LogP contribution is -2.26. The Morgan fingerprint density at radius 3 is 2.46 bits per heavy atom. The van der Waals surface area contributed by atoms with Crippen LogP contribution in [0, 0.1) is 0 Å². The summed E-state index contributed by atoms with van der Waals surface area (Å²) in [5.41, 5.74) is 2.10. The van der Waals surface area contributed by atoms with Gasteiger partial charge in [0.1, 0.15) is 0 Å². The first-order valence-corrected chi connectivity index (χ1v) is 8.29. The first-order valence-electron chi connectivity index (χ1n) is 8.29. The van der Waals surface area contributed by atoms with Gasteiger partial charge in [0.05, 0.1) is 5.56 Å². The van der Waals surface area contributed by atoms with Crippen LogP contribution in [0.25, 0.3) is 10.9 Å². The number of aryl methyl sites for hydroxylation is 1. The van der Waals surface area contributed by atoms with Crippen molar-refractivity contribution >= 4 is 16.8 Å². The van der Waals surface area contributed by atoms with Crippen LogP contribution in [0.2, 0.25) is 0 Å². The van der Waals surface area contributed by atoms with Gasteiger partial charge in [0.25, 0.3) is 0 Å². The number of nitrogens with one attached hydrogen (secondary N) is 1. The molecule has 2 aromatic carbocycles. The Balaban J connectivity index is 1.58. The second-order valence-electron chi connectivity index (χ2n) is 6.30. The van der Waals surface area contributed by atoms with Gasteiger partial charge in [-0.2, -0.15) is 13.2 Å². The minimum Gasteiger partial charge on any atom is -0.361 e. The molecule has 0 aliphatic rings. The van der Waals surface area contributed by atoms with Gasteiger partial charge in [-0.25, -0.2) is 0 Å². The Kier molecular flexibility index (Phi) is 5.02. The van der Waals surface area contributed by atoms with Crippen LogP contribution < -0.4 is 0 Å². The van der Waals surface area contributed by atoms with Crippen molar-refractivity contribution in [1.82, 2.24) is 9.88 Å². The molecule has 0 aliphatic carbocycles. The summed E-state index contributed by atoms with van der Waals surface area (Å²) in [6.45, 7) is 0.283. The van der Waals surface area contributed by atoms with Gasteiger partial charge >= 0.3 is 6.18 Å². The number of halogens is 3. The summed E-state index contributed by atoms with van der Waals surface area (Å²) < 4.78 is 37.8. The third-order valence-electron chi connectivity index (χ3n) is 4.41. The molecule has 0 spiro atoms. The number of rotatable bonds is 5. The summed E-state index contributed by atoms with van der Waals surface area (Å²) in [6, 6.07) is 12.8. The first-order chi connectivity index (χ1) is 12.3. The molecule has 26 heavy (non-hydrogen) atoms. The predicted molar refractivity (Wildman–Crippen MR) is 94.5 cm³/mol. The summed E-state index contributed by atoms with van der Waals surface area (Å²) >= 11 is 0. The summed E-state index contributed by atoms with van der Waals surface area (Å²) in [5.74, 6) is -0.0461. The van der Waals surface area contributed by atoms with Gasteiger partial charge in [-0.3, -0.25) is 4.79 Å². The van der Waals surface area contributed by atoms with Gasteiger partial charge in [-0.1, -0.05) is 30.3 Å². The van der Waals surface area contributed by atoms with Crippen molar-refractivity contribution in [2.45, 2.75) is 25.6 Å². The largest absolute Gasteiger partial charge is 0.416 e. The van der Waals surface area contributed by atoms with E-state index in [0.29, 0.717) is 18.4 Å². The molecular formula is C20H19F3N2O. The lowest BCUT2D eigenvalue weighted by molar-refractivity contribution is -0.137. The van der Waals surface area contributed by atoms with Gasteiger partial charge < -0.3 is 9.88 Å². The number of benzene rings is 2. The zero-order valence-corrected chi connectivity index (χ0v) is 14.3. The molecule has 6 heteroatoms. The summed E-state index contributed by atoms with van der Waals surface area (Å²) in [7, 11) is 1.66. The van der Waals surface area contributed by atoms with E-state index >= 15 is 0 Å². The molecule has 1 N–H and O–H groups in total. The molecule has 0 fully saturated rings. The summed E-state index contributed by atoms with van der Waals surface area (Å²) in [4.78, 5) is 17.1. The lowest BCUT2D eigenvalue weighted by Gasteiger charge is -2.17. The number of aromatic amines is 1. The lowest BCUT2D eigenvalue weighted by atomic mass is 10.1. The third kappa shape index (κ3) is 4.07. The fourth-order valence-electron chi connectivity index (χ4n) is 2.93. The van der Waals surface area contributed by atoms with Crippen molar-refractivity contribution in [2.75, 3.05) is 7.05 Å². The number of aromatic nitrogens is 1. The SMILES string of the molecule is CN(Cc1ccc(C(F)(F)F)cc1)C(=O)CCc1c[nH]c2ccccc12. The number of para-hydroxylation sites is 1. The zero-order chi connectivity index (χ0) is 18.7. The number of hydrogen-bond donors (Lipinski definition) is 1. The predicted octanol–water partition coefficient (Wildman–Crippen LogP) is 4.78. The van der Waals surface area contributed by atoms with Crippen LogP contribution in [0.3, 0.4) is 0 Å². The molecule has 3 aromatic rings. The molecule has 0 unspecified atom stereocenters. The van der Waals surface area contributed by atoms with E-state index < -0.39 is 11.7 Å². The molecule has 0 saturated heterocycles. The number of carbonyl (C=O) groups excluding carboxylic acids is 1. The maximum atomic E-state index is 12.6. The molecule has 0 bridgehead atoms. The molecule has 136 valence electrons. The minimum atomic E-state index is -4.35. The molecule has 0 radical (unpaired) electrons. The van der Waals surface area contributed by atoms with E-state index in [4.69, 9.17) is 0 Å². The maximum Gasteiger partial charge on any atom is 0.416 e. The average molecular weight is 360 g/mol.